The number of rotatable bonds is 5. The van der Waals surface area contributed by atoms with Crippen molar-refractivity contribution in [3.05, 3.63) is 5.82 Å². The largest absolute Gasteiger partial charge is 0.339 e. The topological polar surface area (TPSA) is 74.8 Å². The number of tetrazole rings is 1. The minimum Gasteiger partial charge on any atom is -0.339 e. The number of thioether (sulfide) groups is 1. The van der Waals surface area contributed by atoms with Crippen LogP contribution in [0.25, 0.3) is 0 Å². The lowest BCUT2D eigenvalue weighted by molar-refractivity contribution is -0.133. The Balaban J connectivity index is 1.51. The Morgan fingerprint density at radius 1 is 1.45 bits per heavy atom. The summed E-state index contributed by atoms with van der Waals surface area (Å²) in [4.78, 5) is 14.6. The van der Waals surface area contributed by atoms with Crippen molar-refractivity contribution in [3.8, 4) is 0 Å². The molecule has 0 radical (unpaired) electrons. The monoisotopic (exact) mass is 295 g/mol. The third kappa shape index (κ3) is 3.50. The second-order valence-electron chi connectivity index (χ2n) is 5.60. The van der Waals surface area contributed by atoms with Gasteiger partial charge in [-0.25, -0.2) is 0 Å². The quantitative estimate of drug-likeness (QED) is 0.885. The molecule has 1 aromatic heterocycles. The number of nitrogens with zero attached hydrogens (tertiary/aromatic N) is 4. The Hall–Kier alpha value is -1.11. The van der Waals surface area contributed by atoms with Crippen molar-refractivity contribution >= 4 is 17.7 Å². The van der Waals surface area contributed by atoms with Gasteiger partial charge in [0.1, 0.15) is 0 Å². The van der Waals surface area contributed by atoms with Crippen LogP contribution in [-0.4, -0.2) is 55.5 Å². The predicted octanol–water partition coefficient (Wildman–Crippen LogP) is 1.27. The van der Waals surface area contributed by atoms with Crippen molar-refractivity contribution in [3.63, 3.8) is 0 Å². The van der Waals surface area contributed by atoms with Gasteiger partial charge in [-0.05, 0) is 37.4 Å². The Labute approximate surface area is 123 Å². The lowest BCUT2D eigenvalue weighted by atomic mass is 10.1. The number of nitrogens with one attached hydrogen (secondary N) is 1. The molecule has 1 aliphatic heterocycles. The normalized spacial score (nSPS) is 23.6. The Morgan fingerprint density at radius 3 is 3.10 bits per heavy atom. The number of amides is 1. The van der Waals surface area contributed by atoms with Gasteiger partial charge in [-0.1, -0.05) is 5.21 Å². The molecule has 2 fully saturated rings. The van der Waals surface area contributed by atoms with Crippen molar-refractivity contribution in [2.24, 2.45) is 5.92 Å². The number of aryl methyl sites for hydroxylation is 1. The van der Waals surface area contributed by atoms with E-state index in [1.54, 1.807) is 0 Å². The summed E-state index contributed by atoms with van der Waals surface area (Å²) < 4.78 is 0. The van der Waals surface area contributed by atoms with Crippen LogP contribution >= 0.6 is 11.8 Å². The number of aromatic amines is 1. The summed E-state index contributed by atoms with van der Waals surface area (Å²) in [5, 5.41) is 13.8. The van der Waals surface area contributed by atoms with Gasteiger partial charge >= 0.3 is 0 Å². The third-order valence-electron chi connectivity index (χ3n) is 4.04. The predicted molar refractivity (Wildman–Crippen MR) is 77.3 cm³/mol. The minimum atomic E-state index is 0.313. The third-order valence-corrected chi connectivity index (χ3v) is 5.20. The molecule has 3 rings (SSSR count). The number of hydrogen-bond donors (Lipinski definition) is 1. The van der Waals surface area contributed by atoms with Crippen LogP contribution in [0.5, 0.6) is 0 Å². The zero-order chi connectivity index (χ0) is 13.8. The first-order valence-corrected chi connectivity index (χ1v) is 8.59. The van der Waals surface area contributed by atoms with Gasteiger partial charge in [0.25, 0.3) is 0 Å². The van der Waals surface area contributed by atoms with Gasteiger partial charge in [0, 0.05) is 31.2 Å². The van der Waals surface area contributed by atoms with E-state index in [2.05, 4.69) is 25.5 Å². The highest BCUT2D eigenvalue weighted by molar-refractivity contribution is 7.99. The maximum absolute atomic E-state index is 12.5. The maximum Gasteiger partial charge on any atom is 0.222 e. The molecule has 2 heterocycles. The summed E-state index contributed by atoms with van der Waals surface area (Å²) >= 11 is 2.01. The summed E-state index contributed by atoms with van der Waals surface area (Å²) in [6.45, 7) is 0.940. The van der Waals surface area contributed by atoms with Crippen LogP contribution in [-0.2, 0) is 11.2 Å². The highest BCUT2D eigenvalue weighted by Crippen LogP contribution is 2.38. The van der Waals surface area contributed by atoms with E-state index >= 15 is 0 Å². The molecular formula is C13H21N5OS. The van der Waals surface area contributed by atoms with Gasteiger partial charge < -0.3 is 4.90 Å². The average molecular weight is 295 g/mol. The van der Waals surface area contributed by atoms with E-state index < -0.39 is 0 Å². The first kappa shape index (κ1) is 13.9. The molecule has 0 bridgehead atoms. The Kier molecular flexibility index (Phi) is 4.54. The second kappa shape index (κ2) is 6.56. The number of H-pyrrole nitrogens is 1. The number of carbonyl (C=O) groups excluding carboxylic acids is 1. The van der Waals surface area contributed by atoms with Crippen LogP contribution in [0.15, 0.2) is 0 Å². The summed E-state index contributed by atoms with van der Waals surface area (Å²) in [6.07, 6.45) is 5.86. The van der Waals surface area contributed by atoms with E-state index in [4.69, 9.17) is 0 Å². The van der Waals surface area contributed by atoms with Crippen LogP contribution in [0, 0.1) is 5.92 Å². The van der Waals surface area contributed by atoms with Crippen LogP contribution < -0.4 is 0 Å². The molecule has 2 aliphatic rings. The highest BCUT2D eigenvalue weighted by atomic mass is 32.2. The highest BCUT2D eigenvalue weighted by Gasteiger charge is 2.37. The molecule has 0 spiro atoms. The molecule has 110 valence electrons. The molecule has 20 heavy (non-hydrogen) atoms. The Bertz CT molecular complexity index is 434. The smallest absolute Gasteiger partial charge is 0.222 e. The van der Waals surface area contributed by atoms with Crippen molar-refractivity contribution in [2.45, 2.75) is 44.6 Å². The van der Waals surface area contributed by atoms with Crippen LogP contribution in [0.4, 0.5) is 0 Å². The standard InChI is InChI=1S/C13H21N5OS/c19-13(4-1-3-12-14-16-17-15-12)18-7-2-8-20-9-11(18)10-5-6-10/h10-11H,1-9H2,(H,14,15,16,17). The van der Waals surface area contributed by atoms with Gasteiger partial charge in [0.2, 0.25) is 5.91 Å². The first-order chi connectivity index (χ1) is 9.84. The molecule has 1 saturated carbocycles. The zero-order valence-corrected chi connectivity index (χ0v) is 12.4. The molecule has 1 amide bonds. The SMILES string of the molecule is O=C(CCCc1nn[nH]n1)N1CCCSCC1C1CC1. The first-order valence-electron chi connectivity index (χ1n) is 7.44. The fourth-order valence-electron chi connectivity index (χ4n) is 2.81. The van der Waals surface area contributed by atoms with Crippen molar-refractivity contribution in [1.82, 2.24) is 25.5 Å². The van der Waals surface area contributed by atoms with E-state index in [-0.39, 0.29) is 0 Å². The lowest BCUT2D eigenvalue weighted by Crippen LogP contribution is -2.42. The number of aromatic nitrogens is 4. The maximum atomic E-state index is 12.5. The molecule has 1 aliphatic carbocycles. The van der Waals surface area contributed by atoms with E-state index in [0.29, 0.717) is 24.2 Å². The molecule has 7 heteroatoms. The molecule has 0 aromatic carbocycles. The number of hydrogen-bond acceptors (Lipinski definition) is 5. The summed E-state index contributed by atoms with van der Waals surface area (Å²) in [7, 11) is 0. The van der Waals surface area contributed by atoms with Crippen LogP contribution in [0.1, 0.15) is 37.9 Å². The minimum absolute atomic E-state index is 0.313. The van der Waals surface area contributed by atoms with E-state index in [9.17, 15) is 4.79 Å². The van der Waals surface area contributed by atoms with Crippen molar-refractivity contribution < 1.29 is 4.79 Å². The van der Waals surface area contributed by atoms with Crippen LogP contribution in [0.2, 0.25) is 0 Å². The van der Waals surface area contributed by atoms with E-state index in [1.165, 1.54) is 18.6 Å². The van der Waals surface area contributed by atoms with Crippen molar-refractivity contribution in [1.29, 1.82) is 0 Å². The van der Waals surface area contributed by atoms with E-state index in [1.807, 2.05) is 11.8 Å². The van der Waals surface area contributed by atoms with Gasteiger partial charge in [-0.2, -0.15) is 17.0 Å². The fraction of sp³-hybridized carbons (Fsp3) is 0.846. The van der Waals surface area contributed by atoms with Crippen molar-refractivity contribution in [2.75, 3.05) is 18.1 Å². The van der Waals surface area contributed by atoms with Gasteiger partial charge in [0.15, 0.2) is 5.82 Å². The Morgan fingerprint density at radius 2 is 2.35 bits per heavy atom. The molecule has 1 unspecified atom stereocenters. The summed E-state index contributed by atoms with van der Waals surface area (Å²) in [6, 6.07) is 0.486. The summed E-state index contributed by atoms with van der Waals surface area (Å²) in [5.41, 5.74) is 0. The molecule has 1 aromatic rings. The molecule has 6 nitrogen and oxygen atoms in total. The fourth-order valence-corrected chi connectivity index (χ4v) is 4.00. The second-order valence-corrected chi connectivity index (χ2v) is 6.75. The van der Waals surface area contributed by atoms with Gasteiger partial charge in [-0.3, -0.25) is 4.79 Å². The summed E-state index contributed by atoms with van der Waals surface area (Å²) in [5.74, 6) is 4.09. The van der Waals surface area contributed by atoms with Gasteiger partial charge in [0.05, 0.1) is 0 Å². The van der Waals surface area contributed by atoms with Gasteiger partial charge in [-0.15, -0.1) is 10.2 Å². The molecule has 1 saturated heterocycles. The molecule has 1 N–H and O–H groups in total. The number of carbonyl (C=O) groups is 1. The molecular weight excluding hydrogens is 274 g/mol. The zero-order valence-electron chi connectivity index (χ0n) is 11.6. The van der Waals surface area contributed by atoms with Crippen LogP contribution in [0.3, 0.4) is 0 Å². The molecule has 1 atom stereocenters. The lowest BCUT2D eigenvalue weighted by Gasteiger charge is -2.30. The average Bonchev–Trinajstić information content (AvgIpc) is 3.20. The van der Waals surface area contributed by atoms with E-state index in [0.717, 1.165) is 37.5 Å².